The van der Waals surface area contributed by atoms with Gasteiger partial charge in [0.15, 0.2) is 0 Å². The Morgan fingerprint density at radius 2 is 1.90 bits per heavy atom. The number of benzene rings is 1. The van der Waals surface area contributed by atoms with Gasteiger partial charge in [0.25, 0.3) is 5.91 Å². The van der Waals surface area contributed by atoms with Crippen LogP contribution in [0.3, 0.4) is 0 Å². The van der Waals surface area contributed by atoms with Crippen molar-refractivity contribution >= 4 is 18.3 Å². The molecule has 0 unspecified atom stereocenters. The molecule has 1 aromatic carbocycles. The Morgan fingerprint density at radius 3 is 2.35 bits per heavy atom. The van der Waals surface area contributed by atoms with Gasteiger partial charge >= 0.3 is 6.18 Å². The number of nitrogens with one attached hydrogen (secondary N) is 1. The molecule has 7 heteroatoms. The van der Waals surface area contributed by atoms with Crippen LogP contribution in [0.1, 0.15) is 22.3 Å². The molecule has 1 aromatic rings. The summed E-state index contributed by atoms with van der Waals surface area (Å²) in [6, 6.07) is 4.44. The average molecular weight is 309 g/mol. The average Bonchev–Trinajstić information content (AvgIpc) is 2.90. The Bertz CT molecular complexity index is 456. The maximum absolute atomic E-state index is 12.4. The summed E-state index contributed by atoms with van der Waals surface area (Å²) < 4.78 is 37.3. The zero-order chi connectivity index (χ0) is 14.0. The van der Waals surface area contributed by atoms with Gasteiger partial charge in [-0.3, -0.25) is 4.79 Å². The van der Waals surface area contributed by atoms with E-state index in [1.165, 1.54) is 12.1 Å². The van der Waals surface area contributed by atoms with E-state index in [0.717, 1.165) is 31.6 Å². The lowest BCUT2D eigenvalue weighted by Gasteiger charge is -2.23. The maximum Gasteiger partial charge on any atom is 0.416 e. The van der Waals surface area contributed by atoms with Crippen LogP contribution < -0.4 is 5.32 Å². The molecule has 0 saturated carbocycles. The lowest BCUT2D eigenvalue weighted by molar-refractivity contribution is -0.137. The molecule has 0 spiro atoms. The highest BCUT2D eigenvalue weighted by molar-refractivity contribution is 5.94. The van der Waals surface area contributed by atoms with Gasteiger partial charge in [-0.05, 0) is 37.2 Å². The van der Waals surface area contributed by atoms with Crippen LogP contribution in [0.4, 0.5) is 13.2 Å². The number of hydrogen-bond acceptors (Lipinski definition) is 2. The number of halogens is 4. The van der Waals surface area contributed by atoms with E-state index in [4.69, 9.17) is 0 Å². The summed E-state index contributed by atoms with van der Waals surface area (Å²) in [7, 11) is 1.68. The Balaban J connectivity index is 0.00000200. The fourth-order valence-corrected chi connectivity index (χ4v) is 2.14. The summed E-state index contributed by atoms with van der Waals surface area (Å²) in [5.74, 6) is -0.248. The topological polar surface area (TPSA) is 32.3 Å². The number of amides is 1. The van der Waals surface area contributed by atoms with E-state index < -0.39 is 11.7 Å². The Morgan fingerprint density at radius 1 is 1.30 bits per heavy atom. The standard InChI is InChI=1S/C13H15F3N2O.ClH/c1-18(11-6-7-17-8-11)12(19)9-2-4-10(5-3-9)13(14,15)16;/h2-5,11,17H,6-8H2,1H3;1H/t11-;/m1./s1. The van der Waals surface area contributed by atoms with Crippen molar-refractivity contribution in [3.63, 3.8) is 0 Å². The van der Waals surface area contributed by atoms with Gasteiger partial charge in [-0.15, -0.1) is 12.4 Å². The van der Waals surface area contributed by atoms with Crippen molar-refractivity contribution in [1.82, 2.24) is 10.2 Å². The second-order valence-corrected chi connectivity index (χ2v) is 4.64. The van der Waals surface area contributed by atoms with Gasteiger partial charge in [-0.2, -0.15) is 13.2 Å². The van der Waals surface area contributed by atoms with Crippen LogP contribution in [-0.4, -0.2) is 37.0 Å². The minimum Gasteiger partial charge on any atom is -0.337 e. The summed E-state index contributed by atoms with van der Waals surface area (Å²) in [5, 5.41) is 3.15. The van der Waals surface area contributed by atoms with E-state index in [1.807, 2.05) is 0 Å². The van der Waals surface area contributed by atoms with E-state index in [0.29, 0.717) is 0 Å². The first-order valence-electron chi connectivity index (χ1n) is 6.05. The van der Waals surface area contributed by atoms with Crippen LogP contribution >= 0.6 is 12.4 Å². The molecule has 1 heterocycles. The van der Waals surface area contributed by atoms with Crippen molar-refractivity contribution in [2.75, 3.05) is 20.1 Å². The van der Waals surface area contributed by atoms with Gasteiger partial charge in [0, 0.05) is 25.2 Å². The van der Waals surface area contributed by atoms with Crippen molar-refractivity contribution in [3.05, 3.63) is 35.4 Å². The number of hydrogen-bond donors (Lipinski definition) is 1. The number of carbonyl (C=O) groups is 1. The highest BCUT2D eigenvalue weighted by Gasteiger charge is 2.30. The van der Waals surface area contributed by atoms with E-state index in [-0.39, 0.29) is 29.9 Å². The smallest absolute Gasteiger partial charge is 0.337 e. The first kappa shape index (κ1) is 16.8. The Hall–Kier alpha value is -1.27. The molecule has 0 radical (unpaired) electrons. The molecule has 1 N–H and O–H groups in total. The molecule has 1 aliphatic rings. The number of carbonyl (C=O) groups excluding carboxylic acids is 1. The molecule has 20 heavy (non-hydrogen) atoms. The highest BCUT2D eigenvalue weighted by Crippen LogP contribution is 2.29. The number of rotatable bonds is 2. The summed E-state index contributed by atoms with van der Waals surface area (Å²) >= 11 is 0. The minimum atomic E-state index is -4.37. The normalized spacial score (nSPS) is 18.5. The minimum absolute atomic E-state index is 0. The van der Waals surface area contributed by atoms with Crippen molar-refractivity contribution in [2.45, 2.75) is 18.6 Å². The van der Waals surface area contributed by atoms with Crippen LogP contribution in [0, 0.1) is 0 Å². The number of nitrogens with zero attached hydrogens (tertiary/aromatic N) is 1. The Kier molecular flexibility index (Phi) is 5.42. The van der Waals surface area contributed by atoms with Gasteiger partial charge < -0.3 is 10.2 Å². The quantitative estimate of drug-likeness (QED) is 0.911. The molecule has 0 aliphatic carbocycles. The van der Waals surface area contributed by atoms with Gasteiger partial charge in [-0.25, -0.2) is 0 Å². The zero-order valence-electron chi connectivity index (χ0n) is 10.9. The summed E-state index contributed by atoms with van der Waals surface area (Å²) in [4.78, 5) is 13.7. The third-order valence-corrected chi connectivity index (χ3v) is 3.36. The molecule has 112 valence electrons. The van der Waals surface area contributed by atoms with Gasteiger partial charge in [0.05, 0.1) is 5.56 Å². The molecular formula is C13H16ClF3N2O. The molecule has 1 amide bonds. The van der Waals surface area contributed by atoms with Gasteiger partial charge in [0.2, 0.25) is 0 Å². The van der Waals surface area contributed by atoms with Crippen LogP contribution in [0.15, 0.2) is 24.3 Å². The van der Waals surface area contributed by atoms with E-state index in [1.54, 1.807) is 11.9 Å². The second-order valence-electron chi connectivity index (χ2n) is 4.64. The summed E-state index contributed by atoms with van der Waals surface area (Å²) in [6.45, 7) is 1.58. The molecule has 1 atom stereocenters. The van der Waals surface area contributed by atoms with E-state index in [2.05, 4.69) is 5.32 Å². The predicted molar refractivity (Wildman–Crippen MR) is 72.1 cm³/mol. The van der Waals surface area contributed by atoms with Gasteiger partial charge in [-0.1, -0.05) is 0 Å². The van der Waals surface area contributed by atoms with Crippen molar-refractivity contribution in [3.8, 4) is 0 Å². The fourth-order valence-electron chi connectivity index (χ4n) is 2.14. The van der Waals surface area contributed by atoms with Crippen molar-refractivity contribution in [1.29, 1.82) is 0 Å². The van der Waals surface area contributed by atoms with Crippen LogP contribution in [0.25, 0.3) is 0 Å². The SMILES string of the molecule is CN(C(=O)c1ccc(C(F)(F)F)cc1)[C@@H]1CCNC1.Cl. The van der Waals surface area contributed by atoms with E-state index in [9.17, 15) is 18.0 Å². The lowest BCUT2D eigenvalue weighted by atomic mass is 10.1. The summed E-state index contributed by atoms with van der Waals surface area (Å²) in [6.07, 6.45) is -3.51. The molecule has 1 aliphatic heterocycles. The molecule has 0 bridgehead atoms. The molecule has 1 saturated heterocycles. The highest BCUT2D eigenvalue weighted by atomic mass is 35.5. The Labute approximate surface area is 121 Å². The first-order chi connectivity index (χ1) is 8.89. The molecular weight excluding hydrogens is 293 g/mol. The van der Waals surface area contributed by atoms with Crippen LogP contribution in [0.5, 0.6) is 0 Å². The predicted octanol–water partition coefficient (Wildman–Crippen LogP) is 2.56. The third kappa shape index (κ3) is 3.64. The van der Waals surface area contributed by atoms with Crippen LogP contribution in [-0.2, 0) is 6.18 Å². The first-order valence-corrected chi connectivity index (χ1v) is 6.05. The lowest BCUT2D eigenvalue weighted by Crippen LogP contribution is -2.38. The van der Waals surface area contributed by atoms with Crippen LogP contribution in [0.2, 0.25) is 0 Å². The fraction of sp³-hybridized carbons (Fsp3) is 0.462. The van der Waals surface area contributed by atoms with Gasteiger partial charge in [0.1, 0.15) is 0 Å². The summed E-state index contributed by atoms with van der Waals surface area (Å²) in [5.41, 5.74) is -0.461. The zero-order valence-corrected chi connectivity index (χ0v) is 11.7. The largest absolute Gasteiger partial charge is 0.416 e. The van der Waals surface area contributed by atoms with E-state index >= 15 is 0 Å². The molecule has 3 nitrogen and oxygen atoms in total. The second kappa shape index (κ2) is 6.45. The molecule has 2 rings (SSSR count). The monoisotopic (exact) mass is 308 g/mol. The number of likely N-dealkylation sites (N-methyl/N-ethyl adjacent to an activating group) is 1. The molecule has 0 aromatic heterocycles. The molecule has 1 fully saturated rings. The van der Waals surface area contributed by atoms with Crippen molar-refractivity contribution < 1.29 is 18.0 Å². The number of alkyl halides is 3. The maximum atomic E-state index is 12.4. The van der Waals surface area contributed by atoms with Crippen molar-refractivity contribution in [2.24, 2.45) is 0 Å². The third-order valence-electron chi connectivity index (χ3n) is 3.36.